The van der Waals surface area contributed by atoms with E-state index in [0.29, 0.717) is 12.2 Å². The standard InChI is InChI=1S/C8H16OS/c1-3-4-5-7-8(9-7)6-10-2/h7-8H,3-6H2,1-2H3/t7-,8-/m0/s1. The minimum absolute atomic E-state index is 0.599. The normalized spacial score (nSPS) is 30.6. The molecule has 10 heavy (non-hydrogen) atoms. The van der Waals surface area contributed by atoms with Gasteiger partial charge in [-0.3, -0.25) is 0 Å². The summed E-state index contributed by atoms with van der Waals surface area (Å²) < 4.78 is 5.44. The van der Waals surface area contributed by atoms with E-state index in [4.69, 9.17) is 4.74 Å². The van der Waals surface area contributed by atoms with Gasteiger partial charge in [0.15, 0.2) is 0 Å². The van der Waals surface area contributed by atoms with Crippen LogP contribution in [0.5, 0.6) is 0 Å². The molecular formula is C8H16OS. The molecule has 2 atom stereocenters. The molecule has 0 spiro atoms. The van der Waals surface area contributed by atoms with Gasteiger partial charge in [0, 0.05) is 5.75 Å². The zero-order valence-corrected chi connectivity index (χ0v) is 7.62. The van der Waals surface area contributed by atoms with Gasteiger partial charge in [-0.15, -0.1) is 0 Å². The van der Waals surface area contributed by atoms with E-state index < -0.39 is 0 Å². The average molecular weight is 160 g/mol. The molecule has 1 saturated heterocycles. The van der Waals surface area contributed by atoms with Gasteiger partial charge in [-0.2, -0.15) is 11.8 Å². The first-order valence-corrected chi connectivity index (χ1v) is 5.42. The smallest absolute Gasteiger partial charge is 0.0931 e. The molecule has 0 unspecified atom stereocenters. The highest BCUT2D eigenvalue weighted by Gasteiger charge is 2.36. The molecule has 1 aliphatic rings. The molecule has 1 fully saturated rings. The first-order chi connectivity index (χ1) is 4.88. The molecule has 0 bridgehead atoms. The number of hydrogen-bond acceptors (Lipinski definition) is 2. The molecule has 1 rings (SSSR count). The summed E-state index contributed by atoms with van der Waals surface area (Å²) in [6, 6.07) is 0. The molecule has 2 heteroatoms. The van der Waals surface area contributed by atoms with Crippen molar-refractivity contribution in [2.24, 2.45) is 0 Å². The van der Waals surface area contributed by atoms with Crippen molar-refractivity contribution in [2.75, 3.05) is 12.0 Å². The monoisotopic (exact) mass is 160 g/mol. The van der Waals surface area contributed by atoms with Crippen LogP contribution >= 0.6 is 11.8 Å². The van der Waals surface area contributed by atoms with E-state index in [-0.39, 0.29) is 0 Å². The van der Waals surface area contributed by atoms with E-state index in [0.717, 1.165) is 0 Å². The van der Waals surface area contributed by atoms with Gasteiger partial charge in [0.05, 0.1) is 12.2 Å². The van der Waals surface area contributed by atoms with Crippen LogP contribution in [0, 0.1) is 0 Å². The Morgan fingerprint density at radius 2 is 2.20 bits per heavy atom. The lowest BCUT2D eigenvalue weighted by Crippen LogP contribution is -1.95. The van der Waals surface area contributed by atoms with Gasteiger partial charge in [0.25, 0.3) is 0 Å². The predicted molar refractivity (Wildman–Crippen MR) is 46.6 cm³/mol. The van der Waals surface area contributed by atoms with Crippen LogP contribution in [-0.2, 0) is 4.74 Å². The van der Waals surface area contributed by atoms with Gasteiger partial charge >= 0.3 is 0 Å². The van der Waals surface area contributed by atoms with Crippen molar-refractivity contribution >= 4 is 11.8 Å². The van der Waals surface area contributed by atoms with E-state index in [1.807, 2.05) is 11.8 Å². The van der Waals surface area contributed by atoms with Gasteiger partial charge in [0.2, 0.25) is 0 Å². The molecule has 0 aromatic carbocycles. The quantitative estimate of drug-likeness (QED) is 0.572. The average Bonchev–Trinajstić information content (AvgIpc) is 2.65. The molecule has 0 aromatic rings. The largest absolute Gasteiger partial charge is 0.369 e. The summed E-state index contributed by atoms with van der Waals surface area (Å²) in [4.78, 5) is 0. The summed E-state index contributed by atoms with van der Waals surface area (Å²) >= 11 is 1.88. The topological polar surface area (TPSA) is 12.5 Å². The van der Waals surface area contributed by atoms with Crippen LogP contribution in [0.25, 0.3) is 0 Å². The molecule has 0 N–H and O–H groups in total. The first-order valence-electron chi connectivity index (χ1n) is 4.03. The fourth-order valence-electron chi connectivity index (χ4n) is 1.15. The third kappa shape index (κ3) is 2.51. The maximum absolute atomic E-state index is 5.44. The van der Waals surface area contributed by atoms with Crippen LogP contribution in [0.15, 0.2) is 0 Å². The Morgan fingerprint density at radius 3 is 2.80 bits per heavy atom. The Balaban J connectivity index is 1.92. The maximum atomic E-state index is 5.44. The summed E-state index contributed by atoms with van der Waals surface area (Å²) in [5.41, 5.74) is 0. The van der Waals surface area contributed by atoms with Crippen molar-refractivity contribution in [1.82, 2.24) is 0 Å². The van der Waals surface area contributed by atoms with E-state index in [1.165, 1.54) is 25.0 Å². The Morgan fingerprint density at radius 1 is 1.40 bits per heavy atom. The molecule has 60 valence electrons. The molecule has 0 aliphatic carbocycles. The molecule has 0 saturated carbocycles. The van der Waals surface area contributed by atoms with Crippen LogP contribution < -0.4 is 0 Å². The summed E-state index contributed by atoms with van der Waals surface area (Å²) in [6.45, 7) is 2.23. The third-order valence-electron chi connectivity index (χ3n) is 1.86. The van der Waals surface area contributed by atoms with E-state index in [2.05, 4.69) is 13.2 Å². The third-order valence-corrected chi connectivity index (χ3v) is 2.52. The van der Waals surface area contributed by atoms with Crippen molar-refractivity contribution in [3.8, 4) is 0 Å². The zero-order valence-electron chi connectivity index (χ0n) is 6.80. The Hall–Kier alpha value is 0.310. The SMILES string of the molecule is CCCC[C@@H]1O[C@H]1CSC. The number of ether oxygens (including phenoxy) is 1. The van der Waals surface area contributed by atoms with Crippen molar-refractivity contribution < 1.29 is 4.74 Å². The fraction of sp³-hybridized carbons (Fsp3) is 1.00. The molecule has 0 aromatic heterocycles. The molecule has 1 heterocycles. The van der Waals surface area contributed by atoms with Gasteiger partial charge in [-0.25, -0.2) is 0 Å². The van der Waals surface area contributed by atoms with Crippen LogP contribution in [0.1, 0.15) is 26.2 Å². The molecular weight excluding hydrogens is 144 g/mol. The van der Waals surface area contributed by atoms with Crippen molar-refractivity contribution in [1.29, 1.82) is 0 Å². The number of hydrogen-bond donors (Lipinski definition) is 0. The molecule has 1 aliphatic heterocycles. The van der Waals surface area contributed by atoms with E-state index >= 15 is 0 Å². The van der Waals surface area contributed by atoms with Crippen molar-refractivity contribution in [3.63, 3.8) is 0 Å². The van der Waals surface area contributed by atoms with Crippen molar-refractivity contribution in [3.05, 3.63) is 0 Å². The fourth-order valence-corrected chi connectivity index (χ4v) is 1.77. The second-order valence-electron chi connectivity index (χ2n) is 2.81. The lowest BCUT2D eigenvalue weighted by molar-refractivity contribution is 0.368. The summed E-state index contributed by atoms with van der Waals surface area (Å²) in [7, 11) is 0. The predicted octanol–water partition coefficient (Wildman–Crippen LogP) is 2.31. The summed E-state index contributed by atoms with van der Waals surface area (Å²) in [5.74, 6) is 1.19. The van der Waals surface area contributed by atoms with Crippen LogP contribution in [0.3, 0.4) is 0 Å². The van der Waals surface area contributed by atoms with Crippen molar-refractivity contribution in [2.45, 2.75) is 38.4 Å². The Kier molecular flexibility index (Phi) is 3.57. The highest BCUT2D eigenvalue weighted by Crippen LogP contribution is 2.29. The second kappa shape index (κ2) is 4.24. The first kappa shape index (κ1) is 8.41. The lowest BCUT2D eigenvalue weighted by Gasteiger charge is -1.90. The summed E-state index contributed by atoms with van der Waals surface area (Å²) in [5, 5.41) is 0. The highest BCUT2D eigenvalue weighted by atomic mass is 32.2. The number of thioether (sulfide) groups is 1. The van der Waals surface area contributed by atoms with Gasteiger partial charge in [-0.1, -0.05) is 19.8 Å². The Labute approximate surface area is 67.5 Å². The minimum atomic E-state index is 0.599. The highest BCUT2D eigenvalue weighted by molar-refractivity contribution is 7.98. The summed E-state index contributed by atoms with van der Waals surface area (Å²) in [6.07, 6.45) is 7.26. The van der Waals surface area contributed by atoms with Crippen LogP contribution in [0.2, 0.25) is 0 Å². The zero-order chi connectivity index (χ0) is 7.40. The lowest BCUT2D eigenvalue weighted by atomic mass is 10.2. The van der Waals surface area contributed by atoms with Crippen LogP contribution in [-0.4, -0.2) is 24.2 Å². The number of epoxide rings is 1. The number of rotatable bonds is 5. The van der Waals surface area contributed by atoms with E-state index in [1.54, 1.807) is 0 Å². The Bertz CT molecular complexity index is 95.3. The molecule has 1 nitrogen and oxygen atoms in total. The molecule has 0 amide bonds. The van der Waals surface area contributed by atoms with Gasteiger partial charge < -0.3 is 4.74 Å². The molecule has 0 radical (unpaired) electrons. The van der Waals surface area contributed by atoms with E-state index in [9.17, 15) is 0 Å². The van der Waals surface area contributed by atoms with Gasteiger partial charge in [0.1, 0.15) is 0 Å². The van der Waals surface area contributed by atoms with Gasteiger partial charge in [-0.05, 0) is 12.7 Å². The van der Waals surface area contributed by atoms with Crippen LogP contribution in [0.4, 0.5) is 0 Å². The minimum Gasteiger partial charge on any atom is -0.369 e. The second-order valence-corrected chi connectivity index (χ2v) is 3.72. The maximum Gasteiger partial charge on any atom is 0.0931 e. The number of unbranched alkanes of at least 4 members (excludes halogenated alkanes) is 1.